The Morgan fingerprint density at radius 3 is 2.33 bits per heavy atom. The Bertz CT molecular complexity index is 720. The average Bonchev–Trinajstić information content (AvgIpc) is 2.73. The van der Waals surface area contributed by atoms with Crippen molar-refractivity contribution in [3.63, 3.8) is 0 Å². The quantitative estimate of drug-likeness (QED) is 0.217. The van der Waals surface area contributed by atoms with Gasteiger partial charge in [0.25, 0.3) is 0 Å². The molecule has 9 nitrogen and oxygen atoms in total. The number of aliphatic carboxylic acids is 1. The molecule has 6 N–H and O–H groups in total. The van der Waals surface area contributed by atoms with Crippen molar-refractivity contribution in [2.75, 3.05) is 24.3 Å². The van der Waals surface area contributed by atoms with Gasteiger partial charge in [-0.1, -0.05) is 30.3 Å². The number of hydrogen-bond acceptors (Lipinski definition) is 7. The molecule has 0 aliphatic carbocycles. The summed E-state index contributed by atoms with van der Waals surface area (Å²) in [4.78, 5) is 47.9. The van der Waals surface area contributed by atoms with Gasteiger partial charge in [-0.2, -0.15) is 24.4 Å². The van der Waals surface area contributed by atoms with Crippen LogP contribution < -0.4 is 21.7 Å². The highest BCUT2D eigenvalue weighted by Gasteiger charge is 2.25. The van der Waals surface area contributed by atoms with E-state index in [1.165, 1.54) is 0 Å². The Kier molecular flexibility index (Phi) is 11.9. The Morgan fingerprint density at radius 2 is 1.77 bits per heavy atom. The van der Waals surface area contributed by atoms with Crippen molar-refractivity contribution >= 4 is 48.1 Å². The minimum Gasteiger partial charge on any atom is -0.480 e. The highest BCUT2D eigenvalue weighted by Crippen LogP contribution is 2.05. The number of hydrogen-bond donors (Lipinski definition) is 6. The summed E-state index contributed by atoms with van der Waals surface area (Å²) in [6.45, 7) is -0.434. The molecule has 0 aliphatic rings. The van der Waals surface area contributed by atoms with Crippen molar-refractivity contribution in [2.24, 2.45) is 5.73 Å². The maximum atomic E-state index is 12.6. The molecule has 11 heteroatoms. The van der Waals surface area contributed by atoms with E-state index in [4.69, 9.17) is 10.8 Å². The molecule has 0 fully saturated rings. The van der Waals surface area contributed by atoms with Gasteiger partial charge in [-0.3, -0.25) is 14.4 Å². The fourth-order valence-electron chi connectivity index (χ4n) is 2.44. The van der Waals surface area contributed by atoms with Gasteiger partial charge in [0.15, 0.2) is 0 Å². The summed E-state index contributed by atoms with van der Waals surface area (Å²) >= 11 is 5.43. The number of benzene rings is 1. The predicted octanol–water partition coefficient (Wildman–Crippen LogP) is -0.590. The monoisotopic (exact) mass is 456 g/mol. The summed E-state index contributed by atoms with van der Waals surface area (Å²) in [5.74, 6) is -2.30. The van der Waals surface area contributed by atoms with Crippen LogP contribution in [0.15, 0.2) is 30.3 Å². The second-order valence-corrected chi connectivity index (χ2v) is 7.85. The summed E-state index contributed by atoms with van der Waals surface area (Å²) in [5, 5.41) is 16.3. The third-order valence-electron chi connectivity index (χ3n) is 4.12. The van der Waals surface area contributed by atoms with E-state index in [9.17, 15) is 19.2 Å². The van der Waals surface area contributed by atoms with Gasteiger partial charge >= 0.3 is 5.97 Å². The smallest absolute Gasteiger partial charge is 0.327 e. The Labute approximate surface area is 185 Å². The van der Waals surface area contributed by atoms with Crippen molar-refractivity contribution in [3.05, 3.63) is 35.9 Å². The zero-order valence-corrected chi connectivity index (χ0v) is 18.4. The number of nitrogens with two attached hydrogens (primary N) is 1. The van der Waals surface area contributed by atoms with Gasteiger partial charge in [0.05, 0.1) is 12.6 Å². The minimum absolute atomic E-state index is 0.0877. The van der Waals surface area contributed by atoms with Crippen LogP contribution in [0.5, 0.6) is 0 Å². The van der Waals surface area contributed by atoms with Crippen LogP contribution in [0, 0.1) is 0 Å². The number of carbonyl (C=O) groups excluding carboxylic acids is 3. The fourth-order valence-corrected chi connectivity index (χ4v) is 3.17. The van der Waals surface area contributed by atoms with Crippen molar-refractivity contribution in [3.8, 4) is 0 Å². The third-order valence-corrected chi connectivity index (χ3v) is 5.13. The van der Waals surface area contributed by atoms with Gasteiger partial charge in [0, 0.05) is 12.2 Å². The van der Waals surface area contributed by atoms with E-state index in [1.54, 1.807) is 11.8 Å². The summed E-state index contributed by atoms with van der Waals surface area (Å²) < 4.78 is 0. The Hall–Kier alpha value is -2.24. The summed E-state index contributed by atoms with van der Waals surface area (Å²) in [7, 11) is 0. The number of amides is 3. The largest absolute Gasteiger partial charge is 0.480 e. The lowest BCUT2D eigenvalue weighted by atomic mass is 10.0. The molecule has 3 amide bonds. The molecule has 0 radical (unpaired) electrons. The first-order valence-corrected chi connectivity index (χ1v) is 11.3. The molecule has 1 rings (SSSR count). The zero-order valence-electron chi connectivity index (χ0n) is 16.7. The maximum Gasteiger partial charge on any atom is 0.327 e. The van der Waals surface area contributed by atoms with Crippen LogP contribution in [0.2, 0.25) is 0 Å². The first-order chi connectivity index (χ1) is 14.3. The number of carboxylic acid groups (broad SMARTS) is 1. The molecule has 1 aromatic carbocycles. The van der Waals surface area contributed by atoms with Crippen molar-refractivity contribution in [1.82, 2.24) is 16.0 Å². The highest BCUT2D eigenvalue weighted by molar-refractivity contribution is 7.98. The van der Waals surface area contributed by atoms with Gasteiger partial charge in [-0.05, 0) is 24.0 Å². The molecule has 166 valence electrons. The van der Waals surface area contributed by atoms with E-state index < -0.39 is 48.4 Å². The molecule has 0 spiro atoms. The van der Waals surface area contributed by atoms with E-state index in [1.807, 2.05) is 36.6 Å². The molecule has 3 atom stereocenters. The highest BCUT2D eigenvalue weighted by atomic mass is 32.2. The molecular formula is C19H28N4O5S2. The number of carboxylic acids is 1. The zero-order chi connectivity index (χ0) is 22.5. The van der Waals surface area contributed by atoms with Gasteiger partial charge in [0.1, 0.15) is 12.1 Å². The first-order valence-electron chi connectivity index (χ1n) is 9.28. The number of thioether (sulfide) groups is 1. The summed E-state index contributed by atoms with van der Waals surface area (Å²) in [6.07, 6.45) is 2.59. The van der Waals surface area contributed by atoms with Crippen molar-refractivity contribution in [1.29, 1.82) is 0 Å². The van der Waals surface area contributed by atoms with Crippen molar-refractivity contribution in [2.45, 2.75) is 31.0 Å². The molecule has 1 aromatic rings. The number of nitrogens with one attached hydrogen (secondary N) is 3. The normalized spacial score (nSPS) is 13.6. The molecule has 0 aromatic heterocycles. The van der Waals surface area contributed by atoms with Gasteiger partial charge in [0.2, 0.25) is 17.7 Å². The van der Waals surface area contributed by atoms with Crippen molar-refractivity contribution < 1.29 is 24.3 Å². The maximum absolute atomic E-state index is 12.6. The molecule has 30 heavy (non-hydrogen) atoms. The molecule has 0 heterocycles. The Morgan fingerprint density at radius 1 is 1.10 bits per heavy atom. The number of carbonyl (C=O) groups is 4. The predicted molar refractivity (Wildman–Crippen MR) is 119 cm³/mol. The molecule has 0 bridgehead atoms. The molecule has 0 aliphatic heterocycles. The summed E-state index contributed by atoms with van der Waals surface area (Å²) in [5.41, 5.74) is 6.70. The van der Waals surface area contributed by atoms with Gasteiger partial charge in [-0.15, -0.1) is 0 Å². The molecule has 0 saturated carbocycles. The average molecular weight is 457 g/mol. The fraction of sp³-hybridized carbons (Fsp3) is 0.474. The lowest BCUT2D eigenvalue weighted by molar-refractivity contribution is -0.141. The second kappa shape index (κ2) is 13.9. The van der Waals surface area contributed by atoms with E-state index in [0.29, 0.717) is 12.2 Å². The molecule has 3 unspecified atom stereocenters. The lowest BCUT2D eigenvalue weighted by Crippen LogP contribution is -2.54. The SMILES string of the molecule is CSCCC(N)C(=O)NC(Cc1ccccc1)C(=O)NCC(=O)NC(CS)C(=O)O. The van der Waals surface area contributed by atoms with Crippen LogP contribution >= 0.6 is 24.4 Å². The third kappa shape index (κ3) is 9.51. The minimum atomic E-state index is -1.22. The van der Waals surface area contributed by atoms with Gasteiger partial charge in [-0.25, -0.2) is 4.79 Å². The standard InChI is InChI=1S/C19H28N4O5S2/c1-30-8-7-13(20)17(25)23-14(9-12-5-3-2-4-6-12)18(26)21-10-16(24)22-15(11-29)19(27)28/h2-6,13-15,29H,7-11,20H2,1H3,(H,21,26)(H,22,24)(H,23,25)(H,27,28). The summed E-state index contributed by atoms with van der Waals surface area (Å²) in [6, 6.07) is 6.24. The van der Waals surface area contributed by atoms with Crippen LogP contribution in [-0.4, -0.2) is 71.2 Å². The van der Waals surface area contributed by atoms with Crippen LogP contribution in [0.4, 0.5) is 0 Å². The second-order valence-electron chi connectivity index (χ2n) is 6.50. The first kappa shape index (κ1) is 25.8. The van der Waals surface area contributed by atoms with Crippen LogP contribution in [0.25, 0.3) is 0 Å². The van der Waals surface area contributed by atoms with E-state index in [-0.39, 0.29) is 12.2 Å². The van der Waals surface area contributed by atoms with Gasteiger partial charge < -0.3 is 26.8 Å². The van der Waals surface area contributed by atoms with E-state index >= 15 is 0 Å². The van der Waals surface area contributed by atoms with Crippen LogP contribution in [-0.2, 0) is 25.6 Å². The number of thiol groups is 1. The van der Waals surface area contributed by atoms with Crippen LogP contribution in [0.3, 0.4) is 0 Å². The molecular weight excluding hydrogens is 428 g/mol. The number of rotatable bonds is 13. The Balaban J connectivity index is 2.75. The van der Waals surface area contributed by atoms with E-state index in [2.05, 4.69) is 28.6 Å². The van der Waals surface area contributed by atoms with E-state index in [0.717, 1.165) is 5.56 Å². The topological polar surface area (TPSA) is 151 Å². The molecule has 0 saturated heterocycles. The van der Waals surface area contributed by atoms with Crippen LogP contribution in [0.1, 0.15) is 12.0 Å². The lowest BCUT2D eigenvalue weighted by Gasteiger charge is -2.21.